The average molecular weight is 287 g/mol. The minimum atomic E-state index is -0.0404. The second-order valence-corrected chi connectivity index (χ2v) is 4.83. The summed E-state index contributed by atoms with van der Waals surface area (Å²) in [5.74, 6) is 1.59. The van der Waals surface area contributed by atoms with E-state index in [9.17, 15) is 5.11 Å². The number of aliphatic hydroxyl groups excluding tert-OH is 1. The zero-order chi connectivity index (χ0) is 15.1. The van der Waals surface area contributed by atoms with Crippen LogP contribution in [-0.4, -0.2) is 32.7 Å². The Hall–Kier alpha value is -2.21. The van der Waals surface area contributed by atoms with Crippen LogP contribution < -0.4 is 10.6 Å². The maximum atomic E-state index is 9.34. The lowest BCUT2D eigenvalue weighted by molar-refractivity contribution is 0.268. The monoisotopic (exact) mass is 287 g/mol. The summed E-state index contributed by atoms with van der Waals surface area (Å²) >= 11 is 0. The number of aryl methyl sites for hydroxylation is 1. The SMILES string of the molecule is CCC[C@@H](CO)Nc1nc(C)nc(Nc2ccccc2)n1. The van der Waals surface area contributed by atoms with Crippen molar-refractivity contribution in [2.24, 2.45) is 0 Å². The average Bonchev–Trinajstić information content (AvgIpc) is 2.47. The number of para-hydroxylation sites is 1. The highest BCUT2D eigenvalue weighted by Crippen LogP contribution is 2.14. The fraction of sp³-hybridized carbons (Fsp3) is 0.400. The predicted molar refractivity (Wildman–Crippen MR) is 83.7 cm³/mol. The van der Waals surface area contributed by atoms with Crippen LogP contribution in [0.2, 0.25) is 0 Å². The summed E-state index contributed by atoms with van der Waals surface area (Å²) in [6.07, 6.45) is 1.85. The highest BCUT2D eigenvalue weighted by atomic mass is 16.3. The third-order valence-electron chi connectivity index (χ3n) is 2.97. The quantitative estimate of drug-likeness (QED) is 0.725. The van der Waals surface area contributed by atoms with Crippen molar-refractivity contribution in [1.82, 2.24) is 15.0 Å². The summed E-state index contributed by atoms with van der Waals surface area (Å²) in [6.45, 7) is 3.95. The molecule has 1 heterocycles. The molecule has 21 heavy (non-hydrogen) atoms. The number of benzene rings is 1. The molecule has 0 fully saturated rings. The number of nitrogens with zero attached hydrogens (tertiary/aromatic N) is 3. The van der Waals surface area contributed by atoms with Gasteiger partial charge in [0.25, 0.3) is 0 Å². The molecule has 0 saturated heterocycles. The number of anilines is 3. The molecule has 1 aromatic heterocycles. The van der Waals surface area contributed by atoms with Crippen molar-refractivity contribution in [1.29, 1.82) is 0 Å². The number of hydrogen-bond acceptors (Lipinski definition) is 6. The van der Waals surface area contributed by atoms with Gasteiger partial charge in [-0.1, -0.05) is 31.5 Å². The minimum Gasteiger partial charge on any atom is -0.394 e. The van der Waals surface area contributed by atoms with Crippen molar-refractivity contribution in [3.8, 4) is 0 Å². The Morgan fingerprint density at radius 2 is 1.81 bits per heavy atom. The summed E-state index contributed by atoms with van der Waals surface area (Å²) < 4.78 is 0. The van der Waals surface area contributed by atoms with Gasteiger partial charge in [0.05, 0.1) is 12.6 Å². The minimum absolute atomic E-state index is 0.0404. The van der Waals surface area contributed by atoms with E-state index in [0.717, 1.165) is 18.5 Å². The van der Waals surface area contributed by atoms with Crippen molar-refractivity contribution in [3.05, 3.63) is 36.2 Å². The van der Waals surface area contributed by atoms with Crippen LogP contribution >= 0.6 is 0 Å². The molecule has 6 heteroatoms. The van der Waals surface area contributed by atoms with Gasteiger partial charge in [0.1, 0.15) is 5.82 Å². The van der Waals surface area contributed by atoms with Crippen LogP contribution in [0.1, 0.15) is 25.6 Å². The summed E-state index contributed by atoms with van der Waals surface area (Å²) in [7, 11) is 0. The Morgan fingerprint density at radius 3 is 2.48 bits per heavy atom. The maximum absolute atomic E-state index is 9.34. The van der Waals surface area contributed by atoms with Gasteiger partial charge in [0.2, 0.25) is 11.9 Å². The fourth-order valence-electron chi connectivity index (χ4n) is 1.99. The van der Waals surface area contributed by atoms with Gasteiger partial charge in [-0.3, -0.25) is 0 Å². The molecule has 2 rings (SSSR count). The first kappa shape index (κ1) is 15.2. The lowest BCUT2D eigenvalue weighted by atomic mass is 10.2. The number of nitrogens with one attached hydrogen (secondary N) is 2. The first-order chi connectivity index (χ1) is 10.2. The molecule has 0 aliphatic rings. The summed E-state index contributed by atoms with van der Waals surface area (Å²) in [5.41, 5.74) is 0.918. The molecular weight excluding hydrogens is 266 g/mol. The molecule has 0 radical (unpaired) electrons. The normalized spacial score (nSPS) is 12.0. The molecule has 1 atom stereocenters. The molecule has 0 spiro atoms. The molecule has 1 aromatic carbocycles. The van der Waals surface area contributed by atoms with Crippen molar-refractivity contribution in [2.75, 3.05) is 17.2 Å². The van der Waals surface area contributed by atoms with Crippen molar-refractivity contribution < 1.29 is 5.11 Å². The molecule has 0 unspecified atom stereocenters. The van der Waals surface area contributed by atoms with Gasteiger partial charge in [-0.15, -0.1) is 0 Å². The summed E-state index contributed by atoms with van der Waals surface area (Å²) in [6, 6.07) is 9.69. The first-order valence-electron chi connectivity index (χ1n) is 7.13. The highest BCUT2D eigenvalue weighted by Gasteiger charge is 2.10. The number of aliphatic hydroxyl groups is 1. The largest absolute Gasteiger partial charge is 0.394 e. The Morgan fingerprint density at radius 1 is 1.10 bits per heavy atom. The zero-order valence-electron chi connectivity index (χ0n) is 12.4. The van der Waals surface area contributed by atoms with Gasteiger partial charge in [0.15, 0.2) is 0 Å². The van der Waals surface area contributed by atoms with E-state index in [1.807, 2.05) is 37.3 Å². The molecule has 2 aromatic rings. The Kier molecular flexibility index (Phi) is 5.45. The highest BCUT2D eigenvalue weighted by molar-refractivity contribution is 5.53. The van der Waals surface area contributed by atoms with Gasteiger partial charge in [-0.2, -0.15) is 15.0 Å². The molecule has 0 bridgehead atoms. The zero-order valence-corrected chi connectivity index (χ0v) is 12.4. The number of aromatic nitrogens is 3. The Labute approximate surface area is 124 Å². The van der Waals surface area contributed by atoms with Crippen LogP contribution in [0.3, 0.4) is 0 Å². The van der Waals surface area contributed by atoms with Gasteiger partial charge in [0, 0.05) is 5.69 Å². The molecule has 112 valence electrons. The van der Waals surface area contributed by atoms with Crippen LogP contribution in [0.25, 0.3) is 0 Å². The standard InChI is InChI=1S/C15H21N5O/c1-3-7-13(10-21)19-15-17-11(2)16-14(20-15)18-12-8-5-4-6-9-12/h4-6,8-9,13,21H,3,7,10H2,1-2H3,(H2,16,17,18,19,20)/t13-/m0/s1. The third-order valence-corrected chi connectivity index (χ3v) is 2.97. The molecule has 0 amide bonds. The summed E-state index contributed by atoms with van der Waals surface area (Å²) in [5, 5.41) is 15.6. The molecule has 0 saturated carbocycles. The smallest absolute Gasteiger partial charge is 0.232 e. The van der Waals surface area contributed by atoms with Crippen LogP contribution in [0.4, 0.5) is 17.6 Å². The van der Waals surface area contributed by atoms with E-state index in [0.29, 0.717) is 17.7 Å². The lowest BCUT2D eigenvalue weighted by Crippen LogP contribution is -2.25. The van der Waals surface area contributed by atoms with Crippen molar-refractivity contribution in [3.63, 3.8) is 0 Å². The molecule has 0 aliphatic carbocycles. The number of hydrogen-bond donors (Lipinski definition) is 3. The topological polar surface area (TPSA) is 83.0 Å². The second kappa shape index (κ2) is 7.54. The fourth-order valence-corrected chi connectivity index (χ4v) is 1.99. The third kappa shape index (κ3) is 4.68. The number of rotatable bonds is 7. The van der Waals surface area contributed by atoms with Crippen LogP contribution in [0.15, 0.2) is 30.3 Å². The Balaban J connectivity index is 2.13. The van der Waals surface area contributed by atoms with E-state index < -0.39 is 0 Å². The molecular formula is C15H21N5O. The van der Waals surface area contributed by atoms with Crippen LogP contribution in [0.5, 0.6) is 0 Å². The predicted octanol–water partition coefficient (Wildman–Crippen LogP) is 2.50. The van der Waals surface area contributed by atoms with E-state index in [4.69, 9.17) is 0 Å². The van der Waals surface area contributed by atoms with E-state index >= 15 is 0 Å². The molecule has 6 nitrogen and oxygen atoms in total. The van der Waals surface area contributed by atoms with E-state index in [1.165, 1.54) is 0 Å². The second-order valence-electron chi connectivity index (χ2n) is 4.83. The van der Waals surface area contributed by atoms with Crippen LogP contribution in [0, 0.1) is 6.92 Å². The van der Waals surface area contributed by atoms with Gasteiger partial charge in [-0.25, -0.2) is 0 Å². The van der Waals surface area contributed by atoms with E-state index in [-0.39, 0.29) is 12.6 Å². The Bertz CT molecular complexity index is 561. The van der Waals surface area contributed by atoms with Gasteiger partial charge >= 0.3 is 0 Å². The van der Waals surface area contributed by atoms with E-state index in [2.05, 4.69) is 32.5 Å². The molecule has 3 N–H and O–H groups in total. The molecule has 0 aliphatic heterocycles. The van der Waals surface area contributed by atoms with Gasteiger partial charge in [-0.05, 0) is 25.5 Å². The first-order valence-corrected chi connectivity index (χ1v) is 7.13. The maximum Gasteiger partial charge on any atom is 0.232 e. The van der Waals surface area contributed by atoms with Crippen LogP contribution in [-0.2, 0) is 0 Å². The van der Waals surface area contributed by atoms with E-state index in [1.54, 1.807) is 0 Å². The summed E-state index contributed by atoms with van der Waals surface area (Å²) in [4.78, 5) is 12.9. The van der Waals surface area contributed by atoms with Crippen molar-refractivity contribution >= 4 is 17.6 Å². The lowest BCUT2D eigenvalue weighted by Gasteiger charge is -2.16. The van der Waals surface area contributed by atoms with Crippen molar-refractivity contribution in [2.45, 2.75) is 32.7 Å². The van der Waals surface area contributed by atoms with Gasteiger partial charge < -0.3 is 15.7 Å².